The van der Waals surface area contributed by atoms with Gasteiger partial charge in [0, 0.05) is 68.7 Å². The van der Waals surface area contributed by atoms with Gasteiger partial charge in [0.2, 0.25) is 11.8 Å². The number of rotatable bonds is 18. The van der Waals surface area contributed by atoms with Crippen molar-refractivity contribution in [1.29, 1.82) is 0 Å². The van der Waals surface area contributed by atoms with Crippen molar-refractivity contribution in [2.24, 2.45) is 11.1 Å². The van der Waals surface area contributed by atoms with E-state index < -0.39 is 30.1 Å². The highest BCUT2D eigenvalue weighted by Gasteiger charge is 2.31. The molecule has 5 rings (SSSR count). The van der Waals surface area contributed by atoms with Crippen molar-refractivity contribution >= 4 is 29.7 Å². The molecule has 0 unspecified atom stereocenters. The van der Waals surface area contributed by atoms with Crippen LogP contribution in [-0.4, -0.2) is 98.7 Å². The van der Waals surface area contributed by atoms with E-state index in [9.17, 15) is 24.0 Å². The first-order valence-electron chi connectivity index (χ1n) is 22.6. The van der Waals surface area contributed by atoms with E-state index in [1.807, 2.05) is 115 Å². The monoisotopic (exact) mass is 915 g/mol. The van der Waals surface area contributed by atoms with Crippen LogP contribution in [0.25, 0.3) is 0 Å². The van der Waals surface area contributed by atoms with Crippen molar-refractivity contribution in [1.82, 2.24) is 24.7 Å². The molecule has 2 aromatic heterocycles. The molecule has 0 fully saturated rings. The molecule has 0 bridgehead atoms. The summed E-state index contributed by atoms with van der Waals surface area (Å²) in [4.78, 5) is 72.8. The zero-order valence-electron chi connectivity index (χ0n) is 40.5. The third-order valence-corrected chi connectivity index (χ3v) is 10.6. The van der Waals surface area contributed by atoms with Crippen LogP contribution in [0.5, 0.6) is 0 Å². The molecule has 0 saturated heterocycles. The predicted molar refractivity (Wildman–Crippen MR) is 263 cm³/mol. The van der Waals surface area contributed by atoms with Crippen LogP contribution >= 0.6 is 0 Å². The fraction of sp³-hybridized carbons (Fsp3) is 0.389. The topological polar surface area (TPSA) is 176 Å². The second kappa shape index (κ2) is 27.7. The number of amides is 3. The van der Waals surface area contributed by atoms with Crippen molar-refractivity contribution in [2.45, 2.75) is 97.8 Å². The van der Waals surface area contributed by atoms with Gasteiger partial charge in [-0.2, -0.15) is 0 Å². The summed E-state index contributed by atoms with van der Waals surface area (Å²) in [5, 5.41) is 8.75. The molecule has 0 aliphatic heterocycles. The van der Waals surface area contributed by atoms with Crippen molar-refractivity contribution in [3.05, 3.63) is 168 Å². The lowest BCUT2D eigenvalue weighted by Crippen LogP contribution is -2.51. The van der Waals surface area contributed by atoms with Gasteiger partial charge in [0.1, 0.15) is 19.7 Å². The van der Waals surface area contributed by atoms with E-state index in [2.05, 4.69) is 42.9 Å². The lowest BCUT2D eigenvalue weighted by Gasteiger charge is -2.35. The number of pyridine rings is 2. The van der Waals surface area contributed by atoms with Gasteiger partial charge in [-0.1, -0.05) is 124 Å². The molecule has 0 radical (unpaired) electrons. The number of likely N-dealkylation sites (N-methyl/N-ethyl adjacent to an activating group) is 2. The molecule has 13 nitrogen and oxygen atoms in total. The molecule has 67 heavy (non-hydrogen) atoms. The number of ketones is 1. The van der Waals surface area contributed by atoms with E-state index >= 15 is 0 Å². The first kappa shape index (κ1) is 54.6. The Balaban J connectivity index is 0.000000278. The maximum atomic E-state index is 12.7. The van der Waals surface area contributed by atoms with Gasteiger partial charge in [0.05, 0.1) is 6.54 Å². The molecule has 3 aromatic carbocycles. The molecule has 0 spiro atoms. The third-order valence-electron chi connectivity index (χ3n) is 10.6. The largest absolute Gasteiger partial charge is 0.480 e. The molecular formula is C54H70N6O7. The Hall–Kier alpha value is -6.73. The van der Waals surface area contributed by atoms with Crippen molar-refractivity contribution < 1.29 is 33.8 Å². The summed E-state index contributed by atoms with van der Waals surface area (Å²) in [6.45, 7) is 11.3. The Morgan fingerprint density at radius 3 is 1.61 bits per heavy atom. The average Bonchev–Trinajstić information content (AvgIpc) is 3.30. The van der Waals surface area contributed by atoms with Gasteiger partial charge in [-0.15, -0.1) is 0 Å². The molecule has 5 aromatic rings. The van der Waals surface area contributed by atoms with Crippen molar-refractivity contribution in [3.63, 3.8) is 0 Å². The minimum atomic E-state index is -1.11. The maximum Gasteiger partial charge on any atom is 0.411 e. The van der Waals surface area contributed by atoms with Crippen molar-refractivity contribution in [3.8, 4) is 0 Å². The standard InChI is InChI=1S/C24H32N2O2.C17H24N2O5.C13H14N2/c1-24(2,3)14-13-23(28)26(4)18-22(27)17-20(19-10-6-5-7-11-19)16-21-12-8-9-15-25-21;1-17(2,3)19(10-14(20)18(4)11-15(21)22)16(23)24-12-13-8-6-5-7-9-13;14-13(11-6-2-1-3-7-11)10-12-8-4-5-9-15-12/h5-12,15,20H,13-14,16-18H2,1-4H3;5-9H,10-12H2,1-4H3,(H,21,22);1-9,13H,10,14H2/t20-;;13-/m1.0/s1. The van der Waals surface area contributed by atoms with Crippen LogP contribution in [0.3, 0.4) is 0 Å². The van der Waals surface area contributed by atoms with Crippen LogP contribution in [0, 0.1) is 5.41 Å². The van der Waals surface area contributed by atoms with Gasteiger partial charge < -0.3 is 25.4 Å². The number of carboxylic acids is 1. The number of Topliss-reactive ketones (excluding diaryl/α,β-unsaturated/α-hetero) is 1. The fourth-order valence-corrected chi connectivity index (χ4v) is 6.65. The van der Waals surface area contributed by atoms with Gasteiger partial charge in [-0.3, -0.25) is 34.0 Å². The number of ether oxygens (including phenoxy) is 1. The van der Waals surface area contributed by atoms with Crippen LogP contribution in [0.2, 0.25) is 0 Å². The van der Waals surface area contributed by atoms with E-state index in [0.717, 1.165) is 45.8 Å². The van der Waals surface area contributed by atoms with E-state index in [4.69, 9.17) is 15.6 Å². The molecule has 0 saturated carbocycles. The molecular weight excluding hydrogens is 845 g/mol. The number of benzene rings is 3. The van der Waals surface area contributed by atoms with Crippen LogP contribution in [-0.2, 0) is 43.4 Å². The highest BCUT2D eigenvalue weighted by Crippen LogP contribution is 2.25. The summed E-state index contributed by atoms with van der Waals surface area (Å²) in [6, 6.07) is 41.2. The number of hydrogen-bond acceptors (Lipinski definition) is 9. The Morgan fingerprint density at radius 1 is 0.627 bits per heavy atom. The van der Waals surface area contributed by atoms with Gasteiger partial charge in [-0.25, -0.2) is 4.79 Å². The zero-order valence-corrected chi connectivity index (χ0v) is 40.5. The number of carbonyl (C=O) groups is 5. The van der Waals surface area contributed by atoms with Gasteiger partial charge in [-0.05, 0) is 85.9 Å². The molecule has 2 atom stereocenters. The Labute approximate surface area is 397 Å². The number of aliphatic carboxylic acids is 1. The first-order valence-corrected chi connectivity index (χ1v) is 22.6. The van der Waals surface area contributed by atoms with E-state index in [1.54, 1.807) is 45.1 Å². The number of carboxylic acid groups (broad SMARTS) is 1. The van der Waals surface area contributed by atoms with Gasteiger partial charge >= 0.3 is 12.1 Å². The second-order valence-electron chi connectivity index (χ2n) is 18.7. The smallest absolute Gasteiger partial charge is 0.411 e. The van der Waals surface area contributed by atoms with E-state index in [1.165, 1.54) is 11.9 Å². The first-order chi connectivity index (χ1) is 31.7. The van der Waals surface area contributed by atoms with Gasteiger partial charge in [0.15, 0.2) is 5.78 Å². The van der Waals surface area contributed by atoms with Crippen LogP contribution in [0.4, 0.5) is 4.79 Å². The summed E-state index contributed by atoms with van der Waals surface area (Å²) in [5.74, 6) is -1.41. The summed E-state index contributed by atoms with van der Waals surface area (Å²) < 4.78 is 5.28. The van der Waals surface area contributed by atoms with Crippen LogP contribution in [0.1, 0.15) is 101 Å². The highest BCUT2D eigenvalue weighted by atomic mass is 16.6. The minimum absolute atomic E-state index is 0.0288. The molecule has 3 N–H and O–H groups in total. The summed E-state index contributed by atoms with van der Waals surface area (Å²) >= 11 is 0. The fourth-order valence-electron chi connectivity index (χ4n) is 6.65. The minimum Gasteiger partial charge on any atom is -0.480 e. The molecule has 358 valence electrons. The lowest BCUT2D eigenvalue weighted by molar-refractivity contribution is -0.144. The quantitative estimate of drug-likeness (QED) is 0.0863. The third kappa shape index (κ3) is 21.9. The molecule has 13 heteroatoms. The average molecular weight is 915 g/mol. The van der Waals surface area contributed by atoms with Crippen molar-refractivity contribution in [2.75, 3.05) is 33.7 Å². The van der Waals surface area contributed by atoms with Crippen LogP contribution in [0.15, 0.2) is 140 Å². The lowest BCUT2D eigenvalue weighted by atomic mass is 9.89. The summed E-state index contributed by atoms with van der Waals surface area (Å²) in [6.07, 6.45) is 6.14. The molecule has 0 aliphatic carbocycles. The highest BCUT2D eigenvalue weighted by molar-refractivity contribution is 5.87. The number of aromatic nitrogens is 2. The van der Waals surface area contributed by atoms with E-state index in [0.29, 0.717) is 19.3 Å². The molecule has 0 aliphatic rings. The predicted octanol–water partition coefficient (Wildman–Crippen LogP) is 8.94. The Bertz CT molecular complexity index is 2230. The SMILES string of the molecule is CN(CC(=O)C[C@@H](Cc1ccccn1)c1ccccc1)C(=O)CCC(C)(C)C.CN(CC(=O)O)C(=O)CN(C(=O)OCc1ccccc1)C(C)(C)C.N[C@@H](Cc1ccccn1)c1ccccc1. The molecule has 3 amide bonds. The van der Waals surface area contributed by atoms with E-state index in [-0.39, 0.29) is 48.8 Å². The second-order valence-corrected chi connectivity index (χ2v) is 18.7. The zero-order chi connectivity index (χ0) is 49.4. The number of hydrogen-bond donors (Lipinski definition) is 2. The van der Waals surface area contributed by atoms with Gasteiger partial charge in [0.25, 0.3) is 0 Å². The Kier molecular flexibility index (Phi) is 22.6. The summed E-state index contributed by atoms with van der Waals surface area (Å²) in [7, 11) is 3.10. The summed E-state index contributed by atoms with van der Waals surface area (Å²) in [5.41, 5.74) is 10.7. The molecule has 2 heterocycles. The number of carbonyl (C=O) groups excluding carboxylic acids is 4. The van der Waals surface area contributed by atoms with Crippen LogP contribution < -0.4 is 5.73 Å². The Morgan fingerprint density at radius 2 is 1.12 bits per heavy atom. The maximum absolute atomic E-state index is 12.7. The number of nitrogens with zero attached hydrogens (tertiary/aromatic N) is 5. The normalized spacial score (nSPS) is 11.8. The number of nitrogens with two attached hydrogens (primary N) is 1.